The fourth-order valence-corrected chi connectivity index (χ4v) is 4.54. The lowest BCUT2D eigenvalue weighted by Crippen LogP contribution is -2.39. The van der Waals surface area contributed by atoms with E-state index in [1.54, 1.807) is 4.90 Å². The summed E-state index contributed by atoms with van der Waals surface area (Å²) in [5, 5.41) is 13.0. The fourth-order valence-electron chi connectivity index (χ4n) is 4.54. The SMILES string of the molecule is CN(C)Cc1cc(Nc2ccnc3[nH]c(C4=CCN(C(=O)OC(C)(C)C)CC4)cc23)cc2cn[nH]c12. The Bertz CT molecular complexity index is 1440. The molecule has 0 atom stereocenters. The first-order valence-electron chi connectivity index (χ1n) is 12.2. The molecule has 1 aliphatic heterocycles. The number of carbonyl (C=O) groups excluding carboxylic acids is 1. The molecule has 0 spiro atoms. The first-order chi connectivity index (χ1) is 17.2. The van der Waals surface area contributed by atoms with E-state index < -0.39 is 5.60 Å². The normalized spacial score (nSPS) is 14.5. The van der Waals surface area contributed by atoms with Crippen molar-refractivity contribution in [3.63, 3.8) is 0 Å². The molecule has 0 unspecified atom stereocenters. The average Bonchev–Trinajstić information content (AvgIpc) is 3.45. The van der Waals surface area contributed by atoms with Gasteiger partial charge in [-0.3, -0.25) is 5.10 Å². The third-order valence-corrected chi connectivity index (χ3v) is 6.13. The van der Waals surface area contributed by atoms with Crippen molar-refractivity contribution in [1.29, 1.82) is 0 Å². The minimum absolute atomic E-state index is 0.272. The molecule has 1 aromatic carbocycles. The number of pyridine rings is 1. The monoisotopic (exact) mass is 487 g/mol. The van der Waals surface area contributed by atoms with Crippen LogP contribution in [0.2, 0.25) is 0 Å². The number of fused-ring (bicyclic) bond motifs is 2. The van der Waals surface area contributed by atoms with E-state index in [1.807, 2.05) is 39.2 Å². The molecule has 5 rings (SSSR count). The van der Waals surface area contributed by atoms with Crippen LogP contribution in [0.1, 0.15) is 38.4 Å². The Morgan fingerprint density at radius 2 is 2.08 bits per heavy atom. The molecule has 0 saturated heterocycles. The molecule has 9 heteroatoms. The summed E-state index contributed by atoms with van der Waals surface area (Å²) in [6.07, 6.45) is 6.23. The van der Waals surface area contributed by atoms with E-state index in [0.29, 0.717) is 13.1 Å². The Kier molecular flexibility index (Phi) is 6.17. The minimum atomic E-state index is -0.497. The van der Waals surface area contributed by atoms with Crippen molar-refractivity contribution >= 4 is 45.0 Å². The molecule has 1 amide bonds. The zero-order valence-electron chi connectivity index (χ0n) is 21.5. The van der Waals surface area contributed by atoms with Crippen LogP contribution in [0.5, 0.6) is 0 Å². The Labute approximate surface area is 210 Å². The first-order valence-corrected chi connectivity index (χ1v) is 12.2. The van der Waals surface area contributed by atoms with Crippen LogP contribution in [-0.4, -0.2) is 68.8 Å². The number of aromatic amines is 2. The Morgan fingerprint density at radius 1 is 1.25 bits per heavy atom. The number of anilines is 2. The number of carbonyl (C=O) groups is 1. The zero-order chi connectivity index (χ0) is 25.4. The average molecular weight is 488 g/mol. The predicted molar refractivity (Wildman–Crippen MR) is 143 cm³/mol. The van der Waals surface area contributed by atoms with Crippen molar-refractivity contribution in [3.8, 4) is 0 Å². The Hall–Kier alpha value is -3.85. The molecule has 188 valence electrons. The van der Waals surface area contributed by atoms with Gasteiger partial charge in [-0.1, -0.05) is 6.08 Å². The van der Waals surface area contributed by atoms with Crippen LogP contribution in [0.15, 0.2) is 42.7 Å². The third-order valence-electron chi connectivity index (χ3n) is 6.13. The van der Waals surface area contributed by atoms with Crippen molar-refractivity contribution in [1.82, 2.24) is 30.0 Å². The van der Waals surface area contributed by atoms with Crippen LogP contribution in [0, 0.1) is 0 Å². The second kappa shape index (κ2) is 9.31. The number of hydrogen-bond donors (Lipinski definition) is 3. The number of benzene rings is 1. The number of aromatic nitrogens is 4. The largest absolute Gasteiger partial charge is 0.444 e. The Balaban J connectivity index is 1.39. The highest BCUT2D eigenvalue weighted by Gasteiger charge is 2.24. The second-order valence-electron chi connectivity index (χ2n) is 10.5. The van der Waals surface area contributed by atoms with Gasteiger partial charge in [-0.05, 0) is 76.7 Å². The Morgan fingerprint density at radius 3 is 2.81 bits per heavy atom. The van der Waals surface area contributed by atoms with Crippen LogP contribution >= 0.6 is 0 Å². The highest BCUT2D eigenvalue weighted by Crippen LogP contribution is 2.32. The van der Waals surface area contributed by atoms with E-state index in [2.05, 4.69) is 68.8 Å². The molecule has 0 bridgehead atoms. The number of ether oxygens (including phenoxy) is 1. The molecule has 36 heavy (non-hydrogen) atoms. The molecule has 0 saturated carbocycles. The van der Waals surface area contributed by atoms with E-state index in [4.69, 9.17) is 4.74 Å². The van der Waals surface area contributed by atoms with Crippen LogP contribution in [-0.2, 0) is 11.3 Å². The van der Waals surface area contributed by atoms with Gasteiger partial charge in [0.1, 0.15) is 11.2 Å². The number of rotatable bonds is 5. The molecule has 0 fully saturated rings. The van der Waals surface area contributed by atoms with Gasteiger partial charge in [-0.25, -0.2) is 9.78 Å². The van der Waals surface area contributed by atoms with E-state index in [9.17, 15) is 4.79 Å². The number of H-pyrrole nitrogens is 2. The summed E-state index contributed by atoms with van der Waals surface area (Å²) in [5.41, 5.74) is 6.74. The standard InChI is InChI=1S/C27H33N7O2/c1-27(2,3)36-26(35)34-10-7-17(8-11-34)23-14-21-22(6-9-28-25(21)31-23)30-20-12-18-15-29-32-24(18)19(13-20)16-33(4)5/h6-7,9,12-15H,8,10-11,16H2,1-5H3,(H,29,32)(H2,28,30,31). The topological polar surface area (TPSA) is 102 Å². The number of nitrogens with zero attached hydrogens (tertiary/aromatic N) is 4. The van der Waals surface area contributed by atoms with E-state index in [1.165, 1.54) is 11.1 Å². The van der Waals surface area contributed by atoms with Crippen LogP contribution < -0.4 is 5.32 Å². The molecule has 9 nitrogen and oxygen atoms in total. The molecule has 1 aliphatic rings. The van der Waals surface area contributed by atoms with Gasteiger partial charge in [0.25, 0.3) is 0 Å². The highest BCUT2D eigenvalue weighted by atomic mass is 16.6. The summed E-state index contributed by atoms with van der Waals surface area (Å²) < 4.78 is 5.51. The van der Waals surface area contributed by atoms with Gasteiger partial charge in [-0.15, -0.1) is 0 Å². The van der Waals surface area contributed by atoms with Gasteiger partial charge in [0.2, 0.25) is 0 Å². The van der Waals surface area contributed by atoms with Crippen molar-refractivity contribution in [3.05, 3.63) is 54.0 Å². The molecular formula is C27H33N7O2. The summed E-state index contributed by atoms with van der Waals surface area (Å²) >= 11 is 0. The summed E-state index contributed by atoms with van der Waals surface area (Å²) in [6.45, 7) is 7.61. The number of nitrogens with one attached hydrogen (secondary N) is 3. The smallest absolute Gasteiger partial charge is 0.410 e. The summed E-state index contributed by atoms with van der Waals surface area (Å²) in [4.78, 5) is 24.3. The number of hydrogen-bond acceptors (Lipinski definition) is 6. The van der Waals surface area contributed by atoms with Gasteiger partial charge in [0, 0.05) is 48.0 Å². The van der Waals surface area contributed by atoms with Gasteiger partial charge in [0.05, 0.1) is 17.4 Å². The molecule has 0 radical (unpaired) electrons. The molecular weight excluding hydrogens is 454 g/mol. The van der Waals surface area contributed by atoms with Gasteiger partial charge < -0.3 is 24.8 Å². The second-order valence-corrected chi connectivity index (χ2v) is 10.5. The number of amides is 1. The third kappa shape index (κ3) is 5.06. The van der Waals surface area contributed by atoms with Gasteiger partial charge in [0.15, 0.2) is 0 Å². The highest BCUT2D eigenvalue weighted by molar-refractivity contribution is 5.95. The molecule has 3 aromatic heterocycles. The minimum Gasteiger partial charge on any atom is -0.444 e. The maximum atomic E-state index is 12.4. The van der Waals surface area contributed by atoms with E-state index in [-0.39, 0.29) is 6.09 Å². The van der Waals surface area contributed by atoms with Crippen molar-refractivity contribution in [2.24, 2.45) is 0 Å². The van der Waals surface area contributed by atoms with Gasteiger partial charge in [-0.2, -0.15) is 5.10 Å². The molecule has 3 N–H and O–H groups in total. The fraction of sp³-hybridized carbons (Fsp3) is 0.370. The van der Waals surface area contributed by atoms with Crippen LogP contribution in [0.4, 0.5) is 16.2 Å². The molecule has 4 heterocycles. The molecule has 0 aliphatic carbocycles. The first kappa shape index (κ1) is 23.9. The lowest BCUT2D eigenvalue weighted by molar-refractivity contribution is 0.0270. The van der Waals surface area contributed by atoms with Crippen molar-refractivity contribution in [2.45, 2.75) is 39.3 Å². The van der Waals surface area contributed by atoms with E-state index in [0.717, 1.165) is 52.0 Å². The predicted octanol–water partition coefficient (Wildman–Crippen LogP) is 5.27. The maximum absolute atomic E-state index is 12.4. The quantitative estimate of drug-likeness (QED) is 0.355. The lowest BCUT2D eigenvalue weighted by atomic mass is 10.0. The zero-order valence-corrected chi connectivity index (χ0v) is 21.5. The summed E-state index contributed by atoms with van der Waals surface area (Å²) in [6, 6.07) is 8.39. The summed E-state index contributed by atoms with van der Waals surface area (Å²) in [5.74, 6) is 0. The summed E-state index contributed by atoms with van der Waals surface area (Å²) in [7, 11) is 4.12. The maximum Gasteiger partial charge on any atom is 0.410 e. The molecule has 4 aromatic rings. The van der Waals surface area contributed by atoms with Crippen molar-refractivity contribution in [2.75, 3.05) is 32.5 Å². The van der Waals surface area contributed by atoms with Crippen LogP contribution in [0.3, 0.4) is 0 Å². The van der Waals surface area contributed by atoms with Crippen molar-refractivity contribution < 1.29 is 9.53 Å². The van der Waals surface area contributed by atoms with Gasteiger partial charge >= 0.3 is 6.09 Å². The lowest BCUT2D eigenvalue weighted by Gasteiger charge is -2.29. The van der Waals surface area contributed by atoms with E-state index >= 15 is 0 Å². The van der Waals surface area contributed by atoms with Crippen LogP contribution in [0.25, 0.3) is 27.5 Å².